The number of aryl methyl sites for hydroxylation is 4. The van der Waals surface area contributed by atoms with E-state index in [1.807, 2.05) is 0 Å². The molecule has 0 aliphatic rings. The fraction of sp³-hybridized carbons (Fsp3) is 0.286. The lowest BCUT2D eigenvalue weighted by Crippen LogP contribution is -1.97. The predicted molar refractivity (Wildman–Crippen MR) is 124 cm³/mol. The van der Waals surface area contributed by atoms with Crippen molar-refractivity contribution in [1.29, 1.82) is 0 Å². The van der Waals surface area contributed by atoms with Gasteiger partial charge in [-0.05, 0) is 80.6 Å². The molecule has 0 unspecified atom stereocenters. The van der Waals surface area contributed by atoms with Crippen LogP contribution in [0, 0.1) is 0 Å². The second-order valence-electron chi connectivity index (χ2n) is 7.72. The Balaban J connectivity index is 2.13. The Morgan fingerprint density at radius 1 is 0.464 bits per heavy atom. The Labute approximate surface area is 169 Å². The Kier molecular flexibility index (Phi) is 5.22. The molecule has 0 saturated heterocycles. The van der Waals surface area contributed by atoms with Crippen molar-refractivity contribution in [3.63, 3.8) is 0 Å². The van der Waals surface area contributed by atoms with E-state index in [4.69, 9.17) is 0 Å². The number of benzene rings is 4. The van der Waals surface area contributed by atoms with Crippen LogP contribution in [0.3, 0.4) is 0 Å². The minimum absolute atomic E-state index is 1.05. The van der Waals surface area contributed by atoms with Gasteiger partial charge in [0.05, 0.1) is 0 Å². The molecule has 0 aromatic heterocycles. The summed E-state index contributed by atoms with van der Waals surface area (Å²) in [6, 6.07) is 23.3. The molecule has 0 bridgehead atoms. The van der Waals surface area contributed by atoms with Gasteiger partial charge in [0.25, 0.3) is 0 Å². The molecule has 0 nitrogen and oxygen atoms in total. The van der Waals surface area contributed by atoms with Gasteiger partial charge in [-0.3, -0.25) is 0 Å². The summed E-state index contributed by atoms with van der Waals surface area (Å²) in [5, 5.41) is 5.49. The molecule has 0 atom stereocenters. The summed E-state index contributed by atoms with van der Waals surface area (Å²) in [6.45, 7) is 9.01. The number of fused-ring (bicyclic) bond motifs is 2. The standard InChI is InChI=1S/C28H30/c1-5-19-9-15-25-23(17-19)13-11-21(7-3)27(25)28-22(8-4)12-14-24-18-20(6-2)10-16-26(24)28/h9-18H,5-8H2,1-4H3. The van der Waals surface area contributed by atoms with Gasteiger partial charge in [-0.25, -0.2) is 0 Å². The van der Waals surface area contributed by atoms with Crippen molar-refractivity contribution in [2.75, 3.05) is 0 Å². The molecule has 0 heteroatoms. The van der Waals surface area contributed by atoms with Crippen LogP contribution in [0.4, 0.5) is 0 Å². The van der Waals surface area contributed by atoms with Crippen LogP contribution in [0.5, 0.6) is 0 Å². The molecule has 28 heavy (non-hydrogen) atoms. The zero-order chi connectivity index (χ0) is 19.7. The molecular weight excluding hydrogens is 336 g/mol. The van der Waals surface area contributed by atoms with E-state index in [-0.39, 0.29) is 0 Å². The van der Waals surface area contributed by atoms with Crippen LogP contribution in [-0.2, 0) is 25.7 Å². The highest BCUT2D eigenvalue weighted by Gasteiger charge is 2.16. The Hall–Kier alpha value is -2.60. The van der Waals surface area contributed by atoms with E-state index < -0.39 is 0 Å². The van der Waals surface area contributed by atoms with Gasteiger partial charge < -0.3 is 0 Å². The van der Waals surface area contributed by atoms with Gasteiger partial charge in [0.15, 0.2) is 0 Å². The molecule has 0 saturated carbocycles. The van der Waals surface area contributed by atoms with Gasteiger partial charge in [-0.15, -0.1) is 0 Å². The van der Waals surface area contributed by atoms with Crippen LogP contribution in [0.1, 0.15) is 49.9 Å². The summed E-state index contributed by atoms with van der Waals surface area (Å²) in [5.41, 5.74) is 8.58. The van der Waals surface area contributed by atoms with E-state index in [0.29, 0.717) is 0 Å². The zero-order valence-electron chi connectivity index (χ0n) is 17.6. The van der Waals surface area contributed by atoms with Gasteiger partial charge in [-0.1, -0.05) is 88.4 Å². The van der Waals surface area contributed by atoms with Crippen LogP contribution in [0.15, 0.2) is 60.7 Å². The number of hydrogen-bond donors (Lipinski definition) is 0. The first kappa shape index (κ1) is 18.7. The fourth-order valence-corrected chi connectivity index (χ4v) is 4.47. The molecule has 0 N–H and O–H groups in total. The molecule has 0 aliphatic heterocycles. The molecule has 0 fully saturated rings. The Bertz CT molecular complexity index is 1050. The van der Waals surface area contributed by atoms with Gasteiger partial charge in [0, 0.05) is 0 Å². The first-order valence-electron chi connectivity index (χ1n) is 10.8. The molecule has 0 radical (unpaired) electrons. The van der Waals surface area contributed by atoms with E-state index in [2.05, 4.69) is 88.4 Å². The zero-order valence-corrected chi connectivity index (χ0v) is 17.6. The molecule has 0 aliphatic carbocycles. The largest absolute Gasteiger partial charge is 0.0613 e. The van der Waals surface area contributed by atoms with Crippen LogP contribution in [0.25, 0.3) is 32.7 Å². The molecule has 0 spiro atoms. The lowest BCUT2D eigenvalue weighted by Gasteiger charge is -2.19. The first-order valence-corrected chi connectivity index (χ1v) is 10.8. The lowest BCUT2D eigenvalue weighted by molar-refractivity contribution is 1.12. The summed E-state index contributed by atoms with van der Waals surface area (Å²) in [7, 11) is 0. The van der Waals surface area contributed by atoms with E-state index in [0.717, 1.165) is 25.7 Å². The van der Waals surface area contributed by atoms with Crippen molar-refractivity contribution in [2.24, 2.45) is 0 Å². The van der Waals surface area contributed by atoms with Gasteiger partial charge in [0.2, 0.25) is 0 Å². The number of rotatable bonds is 5. The highest BCUT2D eigenvalue weighted by atomic mass is 14.2. The second kappa shape index (κ2) is 7.80. The molecular formula is C28H30. The van der Waals surface area contributed by atoms with Crippen LogP contribution in [0.2, 0.25) is 0 Å². The molecule has 0 heterocycles. The van der Waals surface area contributed by atoms with Crippen molar-refractivity contribution in [2.45, 2.75) is 53.4 Å². The van der Waals surface area contributed by atoms with E-state index in [9.17, 15) is 0 Å². The molecule has 0 amide bonds. The Morgan fingerprint density at radius 2 is 0.893 bits per heavy atom. The van der Waals surface area contributed by atoms with E-state index in [1.165, 1.54) is 54.9 Å². The highest BCUT2D eigenvalue weighted by molar-refractivity contribution is 6.08. The summed E-state index contributed by atoms with van der Waals surface area (Å²) in [4.78, 5) is 0. The maximum Gasteiger partial charge on any atom is -0.00644 e. The molecule has 4 aromatic rings. The minimum Gasteiger partial charge on any atom is -0.0613 e. The molecule has 4 aromatic carbocycles. The van der Waals surface area contributed by atoms with Crippen LogP contribution >= 0.6 is 0 Å². The maximum absolute atomic E-state index is 2.37. The van der Waals surface area contributed by atoms with E-state index in [1.54, 1.807) is 0 Å². The minimum atomic E-state index is 1.05. The topological polar surface area (TPSA) is 0 Å². The maximum atomic E-state index is 2.37. The van der Waals surface area contributed by atoms with Crippen LogP contribution in [-0.4, -0.2) is 0 Å². The van der Waals surface area contributed by atoms with E-state index >= 15 is 0 Å². The SMILES string of the molecule is CCc1ccc2c(-c3c(CC)ccc4cc(CC)ccc34)c(CC)ccc2c1. The molecule has 142 valence electrons. The van der Waals surface area contributed by atoms with Crippen LogP contribution < -0.4 is 0 Å². The molecule has 4 rings (SSSR count). The monoisotopic (exact) mass is 366 g/mol. The average molecular weight is 367 g/mol. The fourth-order valence-electron chi connectivity index (χ4n) is 4.47. The lowest BCUT2D eigenvalue weighted by atomic mass is 9.85. The van der Waals surface area contributed by atoms with Gasteiger partial charge in [-0.2, -0.15) is 0 Å². The van der Waals surface area contributed by atoms with Crippen molar-refractivity contribution in [1.82, 2.24) is 0 Å². The quantitative estimate of drug-likeness (QED) is 0.336. The van der Waals surface area contributed by atoms with Crippen molar-refractivity contribution in [3.05, 3.63) is 82.9 Å². The smallest absolute Gasteiger partial charge is 0.00644 e. The number of hydrogen-bond acceptors (Lipinski definition) is 0. The third-order valence-corrected chi connectivity index (χ3v) is 6.17. The van der Waals surface area contributed by atoms with Crippen molar-refractivity contribution < 1.29 is 0 Å². The Morgan fingerprint density at radius 3 is 1.25 bits per heavy atom. The normalized spacial score (nSPS) is 11.4. The summed E-state index contributed by atoms with van der Waals surface area (Å²) in [5.74, 6) is 0. The summed E-state index contributed by atoms with van der Waals surface area (Å²) in [6.07, 6.45) is 4.25. The van der Waals surface area contributed by atoms with Gasteiger partial charge >= 0.3 is 0 Å². The van der Waals surface area contributed by atoms with Crippen molar-refractivity contribution >= 4 is 21.5 Å². The third-order valence-electron chi connectivity index (χ3n) is 6.17. The van der Waals surface area contributed by atoms with Gasteiger partial charge in [0.1, 0.15) is 0 Å². The summed E-state index contributed by atoms with van der Waals surface area (Å²) < 4.78 is 0. The summed E-state index contributed by atoms with van der Waals surface area (Å²) >= 11 is 0. The predicted octanol–water partition coefficient (Wildman–Crippen LogP) is 7.91. The highest BCUT2D eigenvalue weighted by Crippen LogP contribution is 2.40. The second-order valence-corrected chi connectivity index (χ2v) is 7.72. The average Bonchev–Trinajstić information content (AvgIpc) is 2.76. The third kappa shape index (κ3) is 3.11. The van der Waals surface area contributed by atoms with Crippen molar-refractivity contribution in [3.8, 4) is 11.1 Å². The first-order chi connectivity index (χ1) is 13.7.